The van der Waals surface area contributed by atoms with Gasteiger partial charge in [0, 0.05) is 10.9 Å². The highest BCUT2D eigenvalue weighted by molar-refractivity contribution is 6.30. The maximum Gasteiger partial charge on any atom is 0.137 e. The molecule has 1 aromatic carbocycles. The average Bonchev–Trinajstić information content (AvgIpc) is 2.41. The van der Waals surface area contributed by atoms with Crippen LogP contribution in [0, 0.1) is 17.2 Å². The van der Waals surface area contributed by atoms with Crippen molar-refractivity contribution in [1.82, 2.24) is 0 Å². The van der Waals surface area contributed by atoms with E-state index in [0.717, 1.165) is 19.3 Å². The highest BCUT2D eigenvalue weighted by atomic mass is 35.5. The van der Waals surface area contributed by atoms with Crippen LogP contribution in [0.4, 0.5) is 0 Å². The minimum atomic E-state index is 0.122. The van der Waals surface area contributed by atoms with Crippen molar-refractivity contribution in [3.8, 4) is 11.8 Å². The van der Waals surface area contributed by atoms with Gasteiger partial charge >= 0.3 is 0 Å². The summed E-state index contributed by atoms with van der Waals surface area (Å²) in [5.41, 5.74) is 6.27. The van der Waals surface area contributed by atoms with E-state index >= 15 is 0 Å². The van der Waals surface area contributed by atoms with Gasteiger partial charge in [-0.25, -0.2) is 0 Å². The van der Waals surface area contributed by atoms with Crippen molar-refractivity contribution in [3.05, 3.63) is 28.8 Å². The van der Waals surface area contributed by atoms with E-state index in [4.69, 9.17) is 27.3 Å². The van der Waals surface area contributed by atoms with Crippen molar-refractivity contribution in [2.45, 2.75) is 31.8 Å². The van der Waals surface area contributed by atoms with Gasteiger partial charge in [0.05, 0.1) is 5.56 Å². The zero-order chi connectivity index (χ0) is 13.0. The molecule has 96 valence electrons. The van der Waals surface area contributed by atoms with E-state index in [0.29, 0.717) is 28.8 Å². The SMILES string of the molecule is N#Cc1cc(Cl)ccc1OC1CCCCC1CN. The minimum absolute atomic E-state index is 0.122. The van der Waals surface area contributed by atoms with Crippen molar-refractivity contribution >= 4 is 11.6 Å². The van der Waals surface area contributed by atoms with Crippen LogP contribution in [-0.4, -0.2) is 12.6 Å². The molecule has 18 heavy (non-hydrogen) atoms. The van der Waals surface area contributed by atoms with Crippen molar-refractivity contribution in [1.29, 1.82) is 5.26 Å². The number of halogens is 1. The van der Waals surface area contributed by atoms with E-state index < -0.39 is 0 Å². The Morgan fingerprint density at radius 3 is 2.89 bits per heavy atom. The highest BCUT2D eigenvalue weighted by Gasteiger charge is 2.26. The summed E-state index contributed by atoms with van der Waals surface area (Å²) in [6.45, 7) is 0.639. The Bertz CT molecular complexity index is 456. The van der Waals surface area contributed by atoms with Gasteiger partial charge in [0.2, 0.25) is 0 Å². The van der Waals surface area contributed by atoms with E-state index in [1.807, 2.05) is 0 Å². The van der Waals surface area contributed by atoms with Crippen LogP contribution in [0.3, 0.4) is 0 Å². The van der Waals surface area contributed by atoms with Crippen LogP contribution in [0.5, 0.6) is 5.75 Å². The largest absolute Gasteiger partial charge is 0.489 e. The normalized spacial score (nSPS) is 23.4. The summed E-state index contributed by atoms with van der Waals surface area (Å²) in [6, 6.07) is 7.27. The van der Waals surface area contributed by atoms with Crippen molar-refractivity contribution in [3.63, 3.8) is 0 Å². The van der Waals surface area contributed by atoms with Gasteiger partial charge in [-0.2, -0.15) is 5.26 Å². The molecule has 2 rings (SSSR count). The fraction of sp³-hybridized carbons (Fsp3) is 0.500. The second kappa shape index (κ2) is 6.08. The predicted octanol–water partition coefficient (Wildman–Crippen LogP) is 3.11. The Morgan fingerprint density at radius 1 is 1.39 bits per heavy atom. The first kappa shape index (κ1) is 13.2. The number of hydrogen-bond donors (Lipinski definition) is 1. The summed E-state index contributed by atoms with van der Waals surface area (Å²) in [7, 11) is 0. The molecule has 4 heteroatoms. The van der Waals surface area contributed by atoms with Crippen LogP contribution >= 0.6 is 11.6 Å². The molecule has 0 radical (unpaired) electrons. The molecular weight excluding hydrogens is 248 g/mol. The van der Waals surface area contributed by atoms with Gasteiger partial charge < -0.3 is 10.5 Å². The lowest BCUT2D eigenvalue weighted by Gasteiger charge is -2.31. The molecule has 2 atom stereocenters. The molecule has 1 fully saturated rings. The average molecular weight is 265 g/mol. The molecular formula is C14H17ClN2O. The van der Waals surface area contributed by atoms with Crippen LogP contribution in [0.1, 0.15) is 31.2 Å². The zero-order valence-corrected chi connectivity index (χ0v) is 11.0. The van der Waals surface area contributed by atoms with Gasteiger partial charge in [-0.1, -0.05) is 18.0 Å². The standard InChI is InChI=1S/C14H17ClN2O/c15-12-5-6-14(11(7-12)9-17)18-13-4-2-1-3-10(13)8-16/h5-7,10,13H,1-4,8,16H2. The lowest BCUT2D eigenvalue weighted by molar-refractivity contribution is 0.0967. The van der Waals surface area contributed by atoms with Gasteiger partial charge in [0.1, 0.15) is 17.9 Å². The van der Waals surface area contributed by atoms with Gasteiger partial charge in [-0.3, -0.25) is 0 Å². The van der Waals surface area contributed by atoms with Crippen LogP contribution in [0.25, 0.3) is 0 Å². The second-order valence-electron chi connectivity index (χ2n) is 4.69. The quantitative estimate of drug-likeness (QED) is 0.913. The van der Waals surface area contributed by atoms with Gasteiger partial charge in [-0.05, 0) is 44.0 Å². The van der Waals surface area contributed by atoms with E-state index in [1.54, 1.807) is 18.2 Å². The molecule has 1 saturated carbocycles. The third-order valence-electron chi connectivity index (χ3n) is 3.48. The molecule has 3 nitrogen and oxygen atoms in total. The molecule has 1 aliphatic rings. The van der Waals surface area contributed by atoms with Crippen molar-refractivity contribution in [2.24, 2.45) is 11.7 Å². The summed E-state index contributed by atoms with van der Waals surface area (Å²) in [5.74, 6) is 1.01. The molecule has 0 spiro atoms. The third-order valence-corrected chi connectivity index (χ3v) is 3.72. The predicted molar refractivity (Wildman–Crippen MR) is 71.6 cm³/mol. The fourth-order valence-corrected chi connectivity index (χ4v) is 2.63. The molecule has 1 aromatic rings. The van der Waals surface area contributed by atoms with Gasteiger partial charge in [0.15, 0.2) is 0 Å². The van der Waals surface area contributed by atoms with Crippen molar-refractivity contribution in [2.75, 3.05) is 6.54 Å². The molecule has 0 amide bonds. The molecule has 0 bridgehead atoms. The van der Waals surface area contributed by atoms with Crippen LogP contribution in [-0.2, 0) is 0 Å². The number of hydrogen-bond acceptors (Lipinski definition) is 3. The highest BCUT2D eigenvalue weighted by Crippen LogP contribution is 2.30. The molecule has 0 saturated heterocycles. The van der Waals surface area contributed by atoms with Crippen LogP contribution < -0.4 is 10.5 Å². The van der Waals surface area contributed by atoms with Crippen LogP contribution in [0.15, 0.2) is 18.2 Å². The van der Waals surface area contributed by atoms with E-state index in [-0.39, 0.29) is 6.10 Å². The number of ether oxygens (including phenoxy) is 1. The number of nitrogens with two attached hydrogens (primary N) is 1. The maximum absolute atomic E-state index is 9.08. The van der Waals surface area contributed by atoms with Crippen molar-refractivity contribution < 1.29 is 4.74 Å². The second-order valence-corrected chi connectivity index (χ2v) is 5.13. The third kappa shape index (κ3) is 2.95. The molecule has 0 heterocycles. The molecule has 2 unspecified atom stereocenters. The molecule has 0 aliphatic heterocycles. The summed E-state index contributed by atoms with van der Waals surface area (Å²) in [5, 5.41) is 9.64. The summed E-state index contributed by atoms with van der Waals surface area (Å²) in [6.07, 6.45) is 4.62. The Balaban J connectivity index is 2.15. The number of rotatable bonds is 3. The fourth-order valence-electron chi connectivity index (χ4n) is 2.45. The smallest absolute Gasteiger partial charge is 0.137 e. The molecule has 2 N–H and O–H groups in total. The first-order chi connectivity index (χ1) is 8.74. The summed E-state index contributed by atoms with van der Waals surface area (Å²) < 4.78 is 5.97. The first-order valence-corrected chi connectivity index (χ1v) is 6.68. The summed E-state index contributed by atoms with van der Waals surface area (Å²) >= 11 is 5.87. The number of nitriles is 1. The minimum Gasteiger partial charge on any atom is -0.489 e. The number of nitrogens with zero attached hydrogens (tertiary/aromatic N) is 1. The van der Waals surface area contributed by atoms with E-state index in [9.17, 15) is 0 Å². The maximum atomic E-state index is 9.08. The Labute approximate surface area is 112 Å². The van der Waals surface area contributed by atoms with Gasteiger partial charge in [0.25, 0.3) is 0 Å². The number of benzene rings is 1. The lowest BCUT2D eigenvalue weighted by Crippen LogP contribution is -2.35. The summed E-state index contributed by atoms with van der Waals surface area (Å²) in [4.78, 5) is 0. The van der Waals surface area contributed by atoms with E-state index in [2.05, 4.69) is 6.07 Å². The van der Waals surface area contributed by atoms with Crippen LogP contribution in [0.2, 0.25) is 5.02 Å². The molecule has 0 aromatic heterocycles. The lowest BCUT2D eigenvalue weighted by atomic mass is 9.86. The topological polar surface area (TPSA) is 59.0 Å². The Kier molecular flexibility index (Phi) is 4.46. The Hall–Kier alpha value is -1.24. The van der Waals surface area contributed by atoms with Gasteiger partial charge in [-0.15, -0.1) is 0 Å². The van der Waals surface area contributed by atoms with E-state index in [1.165, 1.54) is 6.42 Å². The molecule has 1 aliphatic carbocycles. The Morgan fingerprint density at radius 2 is 2.17 bits per heavy atom. The zero-order valence-electron chi connectivity index (χ0n) is 10.2. The first-order valence-electron chi connectivity index (χ1n) is 6.31. The monoisotopic (exact) mass is 264 g/mol.